The Morgan fingerprint density at radius 2 is 1.76 bits per heavy atom. The Bertz CT molecular complexity index is 982. The minimum absolute atomic E-state index is 0.238. The third-order valence-electron chi connectivity index (χ3n) is 4.22. The predicted molar refractivity (Wildman–Crippen MR) is 106 cm³/mol. The first kappa shape index (κ1) is 19.9. The first-order chi connectivity index (χ1) is 13.9. The summed E-state index contributed by atoms with van der Waals surface area (Å²) < 4.78 is 6.40. The second-order valence-corrected chi connectivity index (χ2v) is 6.43. The monoisotopic (exact) mass is 395 g/mol. The predicted octanol–water partition coefficient (Wildman–Crippen LogP) is 2.43. The van der Waals surface area contributed by atoms with Crippen LogP contribution in [0.2, 0.25) is 0 Å². The third kappa shape index (κ3) is 5.10. The van der Waals surface area contributed by atoms with Crippen LogP contribution in [0.1, 0.15) is 30.2 Å². The standard InChI is InChI=1S/C20H21N5O4/c1-13(22-20(28)15-7-10-29-12-15)18(26)23-16-5-3-6-17(11-16)24-19(27)14(2)25-9-4-8-21-25/h3-14H,1-2H3,(H,22,28)(H,23,26)(H,24,27). The van der Waals surface area contributed by atoms with Gasteiger partial charge in [-0.25, -0.2) is 0 Å². The average molecular weight is 395 g/mol. The van der Waals surface area contributed by atoms with Crippen molar-refractivity contribution in [1.82, 2.24) is 15.1 Å². The van der Waals surface area contributed by atoms with Crippen LogP contribution in [0.25, 0.3) is 0 Å². The van der Waals surface area contributed by atoms with E-state index in [9.17, 15) is 14.4 Å². The number of nitrogens with zero attached hydrogens (tertiary/aromatic N) is 2. The molecule has 3 N–H and O–H groups in total. The van der Waals surface area contributed by atoms with Crippen LogP contribution >= 0.6 is 0 Å². The average Bonchev–Trinajstić information content (AvgIpc) is 3.41. The summed E-state index contributed by atoms with van der Waals surface area (Å²) in [6.07, 6.45) is 6.00. The highest BCUT2D eigenvalue weighted by molar-refractivity contribution is 6.01. The summed E-state index contributed by atoms with van der Waals surface area (Å²) in [5.74, 6) is -1.04. The van der Waals surface area contributed by atoms with Gasteiger partial charge in [-0.05, 0) is 44.2 Å². The second-order valence-electron chi connectivity index (χ2n) is 6.43. The van der Waals surface area contributed by atoms with E-state index in [1.165, 1.54) is 18.6 Å². The number of carbonyl (C=O) groups excluding carboxylic acids is 3. The topological polar surface area (TPSA) is 118 Å². The molecule has 2 atom stereocenters. The molecule has 9 heteroatoms. The van der Waals surface area contributed by atoms with Crippen molar-refractivity contribution in [2.45, 2.75) is 25.9 Å². The molecule has 0 aliphatic heterocycles. The van der Waals surface area contributed by atoms with Gasteiger partial charge in [-0.3, -0.25) is 19.1 Å². The number of benzene rings is 1. The molecule has 3 aromatic rings. The Morgan fingerprint density at radius 1 is 1.03 bits per heavy atom. The Morgan fingerprint density at radius 3 is 2.38 bits per heavy atom. The second kappa shape index (κ2) is 8.87. The van der Waals surface area contributed by atoms with Crippen molar-refractivity contribution in [2.75, 3.05) is 10.6 Å². The molecule has 29 heavy (non-hydrogen) atoms. The molecule has 150 valence electrons. The summed E-state index contributed by atoms with van der Waals surface area (Å²) in [4.78, 5) is 36.7. The molecule has 0 aliphatic carbocycles. The Kier molecular flexibility index (Phi) is 6.08. The maximum atomic E-state index is 12.4. The van der Waals surface area contributed by atoms with Gasteiger partial charge in [-0.15, -0.1) is 0 Å². The fourth-order valence-electron chi connectivity index (χ4n) is 2.54. The summed E-state index contributed by atoms with van der Waals surface area (Å²) in [5.41, 5.74) is 1.35. The van der Waals surface area contributed by atoms with Crippen LogP contribution < -0.4 is 16.0 Å². The van der Waals surface area contributed by atoms with Crippen molar-refractivity contribution in [2.24, 2.45) is 0 Å². The van der Waals surface area contributed by atoms with Crippen LogP contribution in [0, 0.1) is 0 Å². The van der Waals surface area contributed by atoms with Gasteiger partial charge in [0.25, 0.3) is 5.91 Å². The molecule has 0 bridgehead atoms. The van der Waals surface area contributed by atoms with Gasteiger partial charge in [0.2, 0.25) is 11.8 Å². The molecule has 2 unspecified atom stereocenters. The molecule has 0 aliphatic rings. The van der Waals surface area contributed by atoms with Crippen LogP contribution in [0.3, 0.4) is 0 Å². The largest absolute Gasteiger partial charge is 0.472 e. The van der Waals surface area contributed by atoms with Crippen molar-refractivity contribution >= 4 is 29.1 Å². The number of hydrogen-bond acceptors (Lipinski definition) is 5. The lowest BCUT2D eigenvalue weighted by atomic mass is 10.2. The van der Waals surface area contributed by atoms with Gasteiger partial charge < -0.3 is 20.4 Å². The molecule has 2 heterocycles. The van der Waals surface area contributed by atoms with Crippen LogP contribution in [0.5, 0.6) is 0 Å². The minimum Gasteiger partial charge on any atom is -0.472 e. The fraction of sp³-hybridized carbons (Fsp3) is 0.200. The summed E-state index contributed by atoms with van der Waals surface area (Å²) in [6.45, 7) is 3.31. The summed E-state index contributed by atoms with van der Waals surface area (Å²) in [6, 6.07) is 8.75. The lowest BCUT2D eigenvalue weighted by Gasteiger charge is -2.15. The van der Waals surface area contributed by atoms with Crippen LogP contribution in [-0.2, 0) is 9.59 Å². The van der Waals surface area contributed by atoms with Crippen molar-refractivity contribution in [3.05, 3.63) is 66.9 Å². The van der Waals surface area contributed by atoms with E-state index in [4.69, 9.17) is 4.42 Å². The van der Waals surface area contributed by atoms with Crippen molar-refractivity contribution in [3.8, 4) is 0 Å². The van der Waals surface area contributed by atoms with E-state index in [0.29, 0.717) is 16.9 Å². The van der Waals surface area contributed by atoms with Crippen molar-refractivity contribution in [1.29, 1.82) is 0 Å². The van der Waals surface area contributed by atoms with E-state index in [0.717, 1.165) is 0 Å². The van der Waals surface area contributed by atoms with E-state index in [1.807, 2.05) is 0 Å². The van der Waals surface area contributed by atoms with Gasteiger partial charge >= 0.3 is 0 Å². The number of amides is 3. The highest BCUT2D eigenvalue weighted by Gasteiger charge is 2.18. The van der Waals surface area contributed by atoms with E-state index < -0.39 is 23.9 Å². The lowest BCUT2D eigenvalue weighted by Crippen LogP contribution is -2.41. The Balaban J connectivity index is 1.58. The van der Waals surface area contributed by atoms with Crippen molar-refractivity contribution < 1.29 is 18.8 Å². The van der Waals surface area contributed by atoms with Crippen LogP contribution in [0.4, 0.5) is 11.4 Å². The van der Waals surface area contributed by atoms with Gasteiger partial charge in [0.1, 0.15) is 18.3 Å². The number of carbonyl (C=O) groups is 3. The maximum Gasteiger partial charge on any atom is 0.255 e. The zero-order chi connectivity index (χ0) is 20.8. The molecule has 9 nitrogen and oxygen atoms in total. The number of furan rings is 1. The summed E-state index contributed by atoms with van der Waals surface area (Å²) in [7, 11) is 0. The quantitative estimate of drug-likeness (QED) is 0.568. The summed E-state index contributed by atoms with van der Waals surface area (Å²) in [5, 5.41) is 12.2. The van der Waals surface area contributed by atoms with Crippen molar-refractivity contribution in [3.63, 3.8) is 0 Å². The lowest BCUT2D eigenvalue weighted by molar-refractivity contribution is -0.119. The molecule has 0 spiro atoms. The number of anilines is 2. The van der Waals surface area contributed by atoms with Crippen LogP contribution in [0.15, 0.2) is 65.7 Å². The number of hydrogen-bond donors (Lipinski definition) is 3. The van der Waals surface area contributed by atoms with E-state index in [2.05, 4.69) is 21.0 Å². The zero-order valence-corrected chi connectivity index (χ0v) is 16.0. The van der Waals surface area contributed by atoms with E-state index in [1.54, 1.807) is 61.3 Å². The SMILES string of the molecule is CC(NC(=O)c1ccoc1)C(=O)Nc1cccc(NC(=O)C(C)n2cccn2)c1. The molecule has 1 aromatic carbocycles. The zero-order valence-electron chi connectivity index (χ0n) is 16.0. The van der Waals surface area contributed by atoms with Gasteiger partial charge in [0.15, 0.2) is 0 Å². The Hall–Kier alpha value is -3.88. The van der Waals surface area contributed by atoms with Gasteiger partial charge in [0, 0.05) is 23.8 Å². The molecule has 3 amide bonds. The van der Waals surface area contributed by atoms with Crippen LogP contribution in [-0.4, -0.2) is 33.5 Å². The molecular formula is C20H21N5O4. The Labute approximate surface area is 167 Å². The normalized spacial score (nSPS) is 12.6. The molecule has 0 saturated heterocycles. The molecule has 2 aromatic heterocycles. The molecular weight excluding hydrogens is 374 g/mol. The first-order valence-electron chi connectivity index (χ1n) is 8.98. The third-order valence-corrected chi connectivity index (χ3v) is 4.22. The van der Waals surface area contributed by atoms with E-state index >= 15 is 0 Å². The smallest absolute Gasteiger partial charge is 0.255 e. The number of rotatable bonds is 7. The van der Waals surface area contributed by atoms with Gasteiger partial charge in [-0.2, -0.15) is 5.10 Å². The fourth-order valence-corrected chi connectivity index (χ4v) is 2.54. The summed E-state index contributed by atoms with van der Waals surface area (Å²) >= 11 is 0. The molecule has 3 rings (SSSR count). The maximum absolute atomic E-state index is 12.4. The first-order valence-corrected chi connectivity index (χ1v) is 8.98. The highest BCUT2D eigenvalue weighted by Crippen LogP contribution is 2.17. The highest BCUT2D eigenvalue weighted by atomic mass is 16.3. The van der Waals surface area contributed by atoms with E-state index in [-0.39, 0.29) is 5.91 Å². The molecule has 0 radical (unpaired) electrons. The van der Waals surface area contributed by atoms with Gasteiger partial charge in [0.05, 0.1) is 11.8 Å². The molecule has 0 saturated carbocycles. The molecule has 0 fully saturated rings. The minimum atomic E-state index is -0.768. The number of aromatic nitrogens is 2. The number of nitrogens with one attached hydrogen (secondary N) is 3. The van der Waals surface area contributed by atoms with Gasteiger partial charge in [-0.1, -0.05) is 6.07 Å².